The quantitative estimate of drug-likeness (QED) is 0.105. The molecule has 1 aliphatic rings. The van der Waals surface area contributed by atoms with E-state index in [2.05, 4.69) is 5.32 Å². The SMILES string of the molecule is O=C(O)CN1CCN(CC(=O)O)CCN(CC(=O)O)C(Cc2ccc(NC(=O)/C=C/Cc3ccc(O)c(O)c3)cc2)CN(CC(=O)O)CC1. The molecule has 1 saturated heterocycles. The number of amides is 1. The molecule has 7 N–H and O–H groups in total. The molecule has 0 radical (unpaired) electrons. The van der Waals surface area contributed by atoms with Gasteiger partial charge in [0, 0.05) is 57.5 Å². The average Bonchev–Trinajstić information content (AvgIpc) is 3.01. The Bertz CT molecular complexity index is 1480. The lowest BCUT2D eigenvalue weighted by atomic mass is 10.0. The van der Waals surface area contributed by atoms with Crippen LogP contribution in [-0.2, 0) is 36.8 Å². The number of aliphatic carboxylic acids is 4. The van der Waals surface area contributed by atoms with Crippen LogP contribution in [0.3, 0.4) is 0 Å². The van der Waals surface area contributed by atoms with Crippen LogP contribution >= 0.6 is 0 Å². The topological polar surface area (TPSA) is 232 Å². The maximum atomic E-state index is 12.5. The largest absolute Gasteiger partial charge is 0.504 e. The fraction of sp³-hybridized carbons (Fsp3) is 0.424. The highest BCUT2D eigenvalue weighted by atomic mass is 16.4. The van der Waals surface area contributed by atoms with Crippen LogP contribution in [0.2, 0.25) is 0 Å². The zero-order valence-electron chi connectivity index (χ0n) is 27.0. The van der Waals surface area contributed by atoms with E-state index in [1.165, 1.54) is 18.2 Å². The summed E-state index contributed by atoms with van der Waals surface area (Å²) in [7, 11) is 0. The zero-order valence-corrected chi connectivity index (χ0v) is 27.0. The molecule has 1 heterocycles. The number of hydrogen-bond donors (Lipinski definition) is 7. The van der Waals surface area contributed by atoms with E-state index in [1.807, 2.05) is 0 Å². The predicted octanol–water partition coefficient (Wildman–Crippen LogP) is 0.306. The lowest BCUT2D eigenvalue weighted by Crippen LogP contribution is -2.53. The molecule has 0 spiro atoms. The van der Waals surface area contributed by atoms with Gasteiger partial charge in [0.15, 0.2) is 11.5 Å². The van der Waals surface area contributed by atoms with E-state index < -0.39 is 35.8 Å². The van der Waals surface area contributed by atoms with Crippen LogP contribution in [0.5, 0.6) is 11.5 Å². The summed E-state index contributed by atoms with van der Waals surface area (Å²) in [4.78, 5) is 65.9. The number of nitrogens with one attached hydrogen (secondary N) is 1. The van der Waals surface area contributed by atoms with Crippen molar-refractivity contribution in [3.63, 3.8) is 0 Å². The van der Waals surface area contributed by atoms with Crippen LogP contribution in [0.25, 0.3) is 0 Å². The van der Waals surface area contributed by atoms with E-state index in [1.54, 1.807) is 56.0 Å². The molecule has 0 aromatic heterocycles. The van der Waals surface area contributed by atoms with E-state index in [9.17, 15) is 54.6 Å². The average molecular weight is 686 g/mol. The molecule has 2 aromatic carbocycles. The summed E-state index contributed by atoms with van der Waals surface area (Å²) in [5.41, 5.74) is 1.97. The Morgan fingerprint density at radius 3 is 1.71 bits per heavy atom. The third-order valence-electron chi connectivity index (χ3n) is 7.92. The van der Waals surface area contributed by atoms with E-state index >= 15 is 0 Å². The molecule has 0 aliphatic carbocycles. The van der Waals surface area contributed by atoms with Crippen molar-refractivity contribution in [3.05, 3.63) is 65.7 Å². The van der Waals surface area contributed by atoms with Crippen molar-refractivity contribution >= 4 is 35.5 Å². The van der Waals surface area contributed by atoms with Crippen LogP contribution < -0.4 is 5.32 Å². The molecule has 266 valence electrons. The number of benzene rings is 2. The van der Waals surface area contributed by atoms with Crippen molar-refractivity contribution in [3.8, 4) is 11.5 Å². The fourth-order valence-corrected chi connectivity index (χ4v) is 5.53. The Balaban J connectivity index is 1.78. The van der Waals surface area contributed by atoms with Gasteiger partial charge in [0.25, 0.3) is 0 Å². The number of carbonyl (C=O) groups is 5. The number of carboxylic acid groups (broad SMARTS) is 4. The number of hydrogen-bond acceptors (Lipinski definition) is 11. The monoisotopic (exact) mass is 685 g/mol. The van der Waals surface area contributed by atoms with Crippen molar-refractivity contribution in [1.82, 2.24) is 19.6 Å². The van der Waals surface area contributed by atoms with Crippen molar-refractivity contribution in [1.29, 1.82) is 0 Å². The molecular formula is C33H43N5O11. The molecule has 1 atom stereocenters. The van der Waals surface area contributed by atoms with Gasteiger partial charge < -0.3 is 36.0 Å². The third-order valence-corrected chi connectivity index (χ3v) is 7.92. The van der Waals surface area contributed by atoms with Crippen LogP contribution in [0, 0.1) is 0 Å². The van der Waals surface area contributed by atoms with Gasteiger partial charge in [-0.3, -0.25) is 43.6 Å². The van der Waals surface area contributed by atoms with E-state index in [-0.39, 0.29) is 83.5 Å². The molecule has 49 heavy (non-hydrogen) atoms. The molecule has 16 nitrogen and oxygen atoms in total. The molecule has 0 saturated carbocycles. The van der Waals surface area contributed by atoms with Gasteiger partial charge >= 0.3 is 23.9 Å². The second-order valence-electron chi connectivity index (χ2n) is 11.8. The molecule has 1 unspecified atom stereocenters. The third kappa shape index (κ3) is 14.3. The Kier molecular flexibility index (Phi) is 15.0. The van der Waals surface area contributed by atoms with Crippen molar-refractivity contribution < 1.29 is 54.6 Å². The van der Waals surface area contributed by atoms with Gasteiger partial charge in [-0.2, -0.15) is 0 Å². The number of rotatable bonds is 14. The van der Waals surface area contributed by atoms with Crippen molar-refractivity contribution in [2.75, 3.05) is 77.3 Å². The van der Waals surface area contributed by atoms with Crippen molar-refractivity contribution in [2.24, 2.45) is 0 Å². The van der Waals surface area contributed by atoms with Crippen LogP contribution in [0.15, 0.2) is 54.6 Å². The molecule has 16 heteroatoms. The number of phenolic OH excluding ortho intramolecular Hbond substituents is 2. The maximum Gasteiger partial charge on any atom is 0.317 e. The van der Waals surface area contributed by atoms with Crippen LogP contribution in [0.4, 0.5) is 5.69 Å². The first-order chi connectivity index (χ1) is 23.3. The number of phenols is 2. The summed E-state index contributed by atoms with van der Waals surface area (Å²) in [6.45, 7) is -0.0413. The number of anilines is 1. The van der Waals surface area contributed by atoms with Gasteiger partial charge in [-0.15, -0.1) is 0 Å². The standard InChI is InChI=1S/C33H43N5O11/c39-27-9-6-23(17-28(27)40)2-1-3-29(41)34-25-7-4-24(5-8-25)16-26-18-37(21-32(46)47)13-12-35(19-30(42)43)10-11-36(20-31(44)45)14-15-38(26)22-33(48)49/h1,3-9,17,26,39-40H,2,10-16,18-22H2,(H,34,41)(H,42,43)(H,44,45)(H,46,47)(H,48,49)/b3-1+. The van der Waals surface area contributed by atoms with Crippen LogP contribution in [0.1, 0.15) is 11.1 Å². The van der Waals surface area contributed by atoms with E-state index in [4.69, 9.17) is 0 Å². The molecule has 3 rings (SSSR count). The van der Waals surface area contributed by atoms with Gasteiger partial charge in [0.05, 0.1) is 26.2 Å². The number of allylic oxidation sites excluding steroid dienone is 1. The summed E-state index contributed by atoms with van der Waals surface area (Å²) in [5, 5.41) is 60.1. The van der Waals surface area contributed by atoms with Gasteiger partial charge in [-0.25, -0.2) is 0 Å². The van der Waals surface area contributed by atoms with Crippen LogP contribution in [-0.4, -0.2) is 158 Å². The highest BCUT2D eigenvalue weighted by Crippen LogP contribution is 2.25. The van der Waals surface area contributed by atoms with Gasteiger partial charge in [-0.05, 0) is 54.3 Å². The molecule has 1 amide bonds. The first-order valence-electron chi connectivity index (χ1n) is 15.6. The minimum absolute atomic E-state index is 0.140. The number of nitrogens with zero attached hydrogens (tertiary/aromatic N) is 4. The lowest BCUT2D eigenvalue weighted by Gasteiger charge is -2.37. The van der Waals surface area contributed by atoms with E-state index in [0.717, 1.165) is 5.56 Å². The second-order valence-corrected chi connectivity index (χ2v) is 11.8. The number of aromatic hydroxyl groups is 2. The fourth-order valence-electron chi connectivity index (χ4n) is 5.53. The number of carbonyl (C=O) groups excluding carboxylic acids is 1. The molecular weight excluding hydrogens is 642 g/mol. The van der Waals surface area contributed by atoms with Gasteiger partial charge in [0.1, 0.15) is 0 Å². The Morgan fingerprint density at radius 1 is 0.653 bits per heavy atom. The molecule has 2 aromatic rings. The first-order valence-corrected chi connectivity index (χ1v) is 15.6. The Labute approximate surface area is 283 Å². The first kappa shape index (κ1) is 38.4. The Hall–Kier alpha value is -5.03. The highest BCUT2D eigenvalue weighted by Gasteiger charge is 2.27. The Morgan fingerprint density at radius 2 is 1.16 bits per heavy atom. The van der Waals surface area contributed by atoms with Gasteiger partial charge in [0.2, 0.25) is 5.91 Å². The zero-order chi connectivity index (χ0) is 35.9. The number of carboxylic acids is 4. The maximum absolute atomic E-state index is 12.5. The normalized spacial score (nSPS) is 17.6. The smallest absolute Gasteiger partial charge is 0.317 e. The molecule has 1 fully saturated rings. The lowest BCUT2D eigenvalue weighted by molar-refractivity contribution is -0.142. The highest BCUT2D eigenvalue weighted by molar-refractivity contribution is 5.99. The van der Waals surface area contributed by atoms with E-state index in [0.29, 0.717) is 24.1 Å². The minimum atomic E-state index is -1.10. The second kappa shape index (κ2) is 19.1. The van der Waals surface area contributed by atoms with Gasteiger partial charge in [-0.1, -0.05) is 24.3 Å². The summed E-state index contributed by atoms with van der Waals surface area (Å²) < 4.78 is 0. The minimum Gasteiger partial charge on any atom is -0.504 e. The van der Waals surface area contributed by atoms with Crippen molar-refractivity contribution in [2.45, 2.75) is 18.9 Å². The summed E-state index contributed by atoms with van der Waals surface area (Å²) in [6, 6.07) is 10.8. The molecule has 0 bridgehead atoms. The summed E-state index contributed by atoms with van der Waals surface area (Å²) in [5.74, 6) is -5.23. The summed E-state index contributed by atoms with van der Waals surface area (Å²) in [6.07, 6.45) is 3.60. The summed E-state index contributed by atoms with van der Waals surface area (Å²) >= 11 is 0. The molecule has 1 aliphatic heterocycles. The predicted molar refractivity (Wildman–Crippen MR) is 177 cm³/mol.